The van der Waals surface area contributed by atoms with Crippen molar-refractivity contribution in [3.05, 3.63) is 71.6 Å². The molecule has 7 nitrogen and oxygen atoms in total. The van der Waals surface area contributed by atoms with E-state index >= 15 is 0 Å². The molecule has 178 valence electrons. The molecule has 0 saturated carbocycles. The molecule has 9 heteroatoms. The maximum atomic E-state index is 14.1. The fourth-order valence-corrected chi connectivity index (χ4v) is 4.79. The summed E-state index contributed by atoms with van der Waals surface area (Å²) in [5.41, 5.74) is 1.15. The number of sulfonamides is 1. The van der Waals surface area contributed by atoms with Crippen LogP contribution in [0.5, 0.6) is 0 Å². The van der Waals surface area contributed by atoms with Crippen LogP contribution in [0.4, 0.5) is 4.39 Å². The number of hydrogen-bond donors (Lipinski definition) is 0. The normalized spacial score (nSPS) is 15.3. The van der Waals surface area contributed by atoms with E-state index in [1.54, 1.807) is 41.3 Å². The van der Waals surface area contributed by atoms with Gasteiger partial charge in [-0.2, -0.15) is 4.31 Å². The predicted molar refractivity (Wildman–Crippen MR) is 125 cm³/mol. The fraction of sp³-hybridized carbons (Fsp3) is 0.375. The Hall–Kier alpha value is -2.59. The zero-order valence-corrected chi connectivity index (χ0v) is 19.8. The number of halogens is 1. The van der Waals surface area contributed by atoms with Crippen molar-refractivity contribution in [1.29, 1.82) is 0 Å². The van der Waals surface area contributed by atoms with E-state index in [4.69, 9.17) is 4.74 Å². The number of benzene rings is 2. The third kappa shape index (κ3) is 6.94. The van der Waals surface area contributed by atoms with E-state index in [0.29, 0.717) is 50.5 Å². The van der Waals surface area contributed by atoms with Crippen LogP contribution in [-0.4, -0.2) is 81.9 Å². The summed E-state index contributed by atoms with van der Waals surface area (Å²) in [5.74, 6) is -0.591. The lowest BCUT2D eigenvalue weighted by Gasteiger charge is -2.26. The van der Waals surface area contributed by atoms with Crippen molar-refractivity contribution in [3.63, 3.8) is 0 Å². The van der Waals surface area contributed by atoms with Crippen LogP contribution in [0.1, 0.15) is 11.1 Å². The zero-order valence-electron chi connectivity index (χ0n) is 19.0. The molecule has 1 heterocycles. The molecule has 0 aromatic heterocycles. The smallest absolute Gasteiger partial charge is 0.246 e. The Labute approximate surface area is 195 Å². The van der Waals surface area contributed by atoms with Crippen LogP contribution in [0.3, 0.4) is 0 Å². The molecule has 0 radical (unpaired) electrons. The summed E-state index contributed by atoms with van der Waals surface area (Å²) >= 11 is 0. The van der Waals surface area contributed by atoms with Crippen molar-refractivity contribution < 1.29 is 22.3 Å². The van der Waals surface area contributed by atoms with Gasteiger partial charge in [0.05, 0.1) is 18.1 Å². The molecule has 1 aliphatic heterocycles. The molecule has 1 saturated heterocycles. The van der Waals surface area contributed by atoms with Gasteiger partial charge < -0.3 is 14.5 Å². The quantitative estimate of drug-likeness (QED) is 0.521. The first-order valence-electron chi connectivity index (χ1n) is 10.8. The lowest BCUT2D eigenvalue weighted by molar-refractivity contribution is -0.126. The first-order valence-corrected chi connectivity index (χ1v) is 12.2. The first-order chi connectivity index (χ1) is 15.8. The average molecular weight is 476 g/mol. The standard InChI is InChI=1S/C24H30FN3O4S/c1-26(2)13-14-27(19-21-5-3-4-6-23(21)25)24(29)12-9-20-7-10-22(11-8-20)33(30,31)28-15-17-32-18-16-28/h3-12H,13-19H2,1-2H3/b12-9+. The van der Waals surface area contributed by atoms with E-state index in [-0.39, 0.29) is 23.2 Å². The Balaban J connectivity index is 1.70. The van der Waals surface area contributed by atoms with E-state index in [9.17, 15) is 17.6 Å². The molecule has 1 amide bonds. The molecule has 1 fully saturated rings. The highest BCUT2D eigenvalue weighted by atomic mass is 32.2. The van der Waals surface area contributed by atoms with Gasteiger partial charge in [-0.15, -0.1) is 0 Å². The van der Waals surface area contributed by atoms with Crippen LogP contribution in [0.15, 0.2) is 59.5 Å². The second kappa shape index (κ2) is 11.5. The number of carbonyl (C=O) groups is 1. The minimum absolute atomic E-state index is 0.167. The van der Waals surface area contributed by atoms with Gasteiger partial charge in [0.15, 0.2) is 0 Å². The molecular weight excluding hydrogens is 445 g/mol. The first kappa shape index (κ1) is 25.0. The van der Waals surface area contributed by atoms with Gasteiger partial charge in [0.2, 0.25) is 15.9 Å². The monoisotopic (exact) mass is 475 g/mol. The molecule has 0 N–H and O–H groups in total. The van der Waals surface area contributed by atoms with Crippen molar-refractivity contribution >= 4 is 22.0 Å². The van der Waals surface area contributed by atoms with Crippen LogP contribution >= 0.6 is 0 Å². The topological polar surface area (TPSA) is 70.2 Å². The average Bonchev–Trinajstić information content (AvgIpc) is 2.82. The summed E-state index contributed by atoms with van der Waals surface area (Å²) in [4.78, 5) is 16.6. The molecular formula is C24H30FN3O4S. The second-order valence-electron chi connectivity index (χ2n) is 8.07. The van der Waals surface area contributed by atoms with Gasteiger partial charge in [0.1, 0.15) is 5.82 Å². The van der Waals surface area contributed by atoms with E-state index in [2.05, 4.69) is 0 Å². The molecule has 0 unspecified atom stereocenters. The summed E-state index contributed by atoms with van der Waals surface area (Å²) in [6.07, 6.45) is 3.07. The van der Waals surface area contributed by atoms with Crippen molar-refractivity contribution in [1.82, 2.24) is 14.1 Å². The molecule has 2 aromatic carbocycles. The molecule has 33 heavy (non-hydrogen) atoms. The molecule has 2 aromatic rings. The van der Waals surface area contributed by atoms with Crippen LogP contribution in [-0.2, 0) is 26.1 Å². The minimum atomic E-state index is -3.56. The maximum Gasteiger partial charge on any atom is 0.246 e. The Morgan fingerprint density at radius 1 is 1.06 bits per heavy atom. The molecule has 0 atom stereocenters. The van der Waals surface area contributed by atoms with E-state index < -0.39 is 10.0 Å². The number of likely N-dealkylation sites (N-methyl/N-ethyl adjacent to an activating group) is 1. The zero-order chi connectivity index (χ0) is 23.8. The van der Waals surface area contributed by atoms with E-state index in [1.165, 1.54) is 28.6 Å². The number of amides is 1. The van der Waals surface area contributed by atoms with E-state index in [1.807, 2.05) is 19.0 Å². The van der Waals surface area contributed by atoms with Crippen molar-refractivity contribution in [2.45, 2.75) is 11.4 Å². The summed E-state index contributed by atoms with van der Waals surface area (Å²) in [5, 5.41) is 0. The Morgan fingerprint density at radius 2 is 1.73 bits per heavy atom. The highest BCUT2D eigenvalue weighted by molar-refractivity contribution is 7.89. The molecule has 0 bridgehead atoms. The van der Waals surface area contributed by atoms with Gasteiger partial charge in [0.25, 0.3) is 0 Å². The number of carbonyl (C=O) groups excluding carboxylic acids is 1. The number of morpholine rings is 1. The molecule has 1 aliphatic rings. The maximum absolute atomic E-state index is 14.1. The number of nitrogens with zero attached hydrogens (tertiary/aromatic N) is 3. The van der Waals surface area contributed by atoms with Gasteiger partial charge in [-0.05, 0) is 43.9 Å². The highest BCUT2D eigenvalue weighted by Crippen LogP contribution is 2.18. The SMILES string of the molecule is CN(C)CCN(Cc1ccccc1F)C(=O)/C=C/c1ccc(S(=O)(=O)N2CCOCC2)cc1. The molecule has 0 aliphatic carbocycles. The van der Waals surface area contributed by atoms with Crippen LogP contribution < -0.4 is 0 Å². The third-order valence-electron chi connectivity index (χ3n) is 5.35. The lowest BCUT2D eigenvalue weighted by atomic mass is 10.2. The van der Waals surface area contributed by atoms with Gasteiger partial charge in [0, 0.05) is 44.4 Å². The van der Waals surface area contributed by atoms with Crippen LogP contribution in [0.25, 0.3) is 6.08 Å². The summed E-state index contributed by atoms with van der Waals surface area (Å²) in [6, 6.07) is 12.8. The molecule has 3 rings (SSSR count). The summed E-state index contributed by atoms with van der Waals surface area (Å²) in [7, 11) is 0.258. The van der Waals surface area contributed by atoms with Crippen LogP contribution in [0.2, 0.25) is 0 Å². The lowest BCUT2D eigenvalue weighted by Crippen LogP contribution is -2.40. The van der Waals surface area contributed by atoms with Crippen molar-refractivity contribution in [3.8, 4) is 0 Å². The fourth-order valence-electron chi connectivity index (χ4n) is 3.38. The van der Waals surface area contributed by atoms with Gasteiger partial charge in [-0.25, -0.2) is 12.8 Å². The second-order valence-corrected chi connectivity index (χ2v) is 10.0. The van der Waals surface area contributed by atoms with Crippen molar-refractivity contribution in [2.75, 3.05) is 53.5 Å². The van der Waals surface area contributed by atoms with Gasteiger partial charge in [-0.3, -0.25) is 4.79 Å². The Bertz CT molecular complexity index is 1070. The highest BCUT2D eigenvalue weighted by Gasteiger charge is 2.26. The summed E-state index contributed by atoms with van der Waals surface area (Å²) in [6.45, 7) is 2.70. The predicted octanol–water partition coefficient (Wildman–Crippen LogP) is 2.45. The largest absolute Gasteiger partial charge is 0.379 e. The van der Waals surface area contributed by atoms with E-state index in [0.717, 1.165) is 0 Å². The Morgan fingerprint density at radius 3 is 2.36 bits per heavy atom. The van der Waals surface area contributed by atoms with Crippen molar-refractivity contribution in [2.24, 2.45) is 0 Å². The third-order valence-corrected chi connectivity index (χ3v) is 7.27. The minimum Gasteiger partial charge on any atom is -0.379 e. The van der Waals surface area contributed by atoms with Crippen LogP contribution in [0, 0.1) is 5.82 Å². The van der Waals surface area contributed by atoms with Gasteiger partial charge >= 0.3 is 0 Å². The molecule has 0 spiro atoms. The number of hydrogen-bond acceptors (Lipinski definition) is 5. The number of ether oxygens (including phenoxy) is 1. The summed E-state index contributed by atoms with van der Waals surface area (Å²) < 4.78 is 46.2. The number of rotatable bonds is 9. The van der Waals surface area contributed by atoms with Gasteiger partial charge in [-0.1, -0.05) is 30.3 Å². The Kier molecular flexibility index (Phi) is 8.74.